The Labute approximate surface area is 180 Å². The van der Waals surface area contributed by atoms with Gasteiger partial charge in [0, 0.05) is 11.1 Å². The zero-order valence-corrected chi connectivity index (χ0v) is 20.8. The molecular formula is C20H36O8P2. The van der Waals surface area contributed by atoms with Gasteiger partial charge in [0.1, 0.15) is 11.5 Å². The average molecular weight is 466 g/mol. The summed E-state index contributed by atoms with van der Waals surface area (Å²) in [5.41, 5.74) is 1.27. The van der Waals surface area contributed by atoms with Gasteiger partial charge in [0.2, 0.25) is 0 Å². The van der Waals surface area contributed by atoms with E-state index >= 15 is 0 Å². The number of hydrogen-bond acceptors (Lipinski definition) is 8. The predicted molar refractivity (Wildman–Crippen MR) is 118 cm³/mol. The molecule has 0 aliphatic rings. The van der Waals surface area contributed by atoms with Crippen molar-refractivity contribution in [3.63, 3.8) is 0 Å². The van der Waals surface area contributed by atoms with E-state index in [1.54, 1.807) is 39.8 Å². The standard InChI is InChI=1S/C20H36O8P2/c1-7-23-19-13-18(16-30(22,27-11-5)28-12-6)20(24-8-2)14-17(19)15-29(21,25-9-3)26-10-4/h13-14H,7-12,15-16H2,1-6H3. The summed E-state index contributed by atoms with van der Waals surface area (Å²) in [6.07, 6.45) is 0.0812. The first-order chi connectivity index (χ1) is 14.3. The highest BCUT2D eigenvalue weighted by Crippen LogP contribution is 2.55. The molecule has 0 saturated heterocycles. The van der Waals surface area contributed by atoms with Crippen molar-refractivity contribution < 1.29 is 36.7 Å². The van der Waals surface area contributed by atoms with Crippen LogP contribution in [0.3, 0.4) is 0 Å². The third-order valence-electron chi connectivity index (χ3n) is 3.87. The van der Waals surface area contributed by atoms with Crippen LogP contribution >= 0.6 is 15.2 Å². The van der Waals surface area contributed by atoms with Crippen LogP contribution in [-0.2, 0) is 39.5 Å². The van der Waals surface area contributed by atoms with Crippen LogP contribution in [-0.4, -0.2) is 39.6 Å². The van der Waals surface area contributed by atoms with E-state index in [2.05, 4.69) is 0 Å². The number of rotatable bonds is 16. The highest BCUT2D eigenvalue weighted by Gasteiger charge is 2.30. The smallest absolute Gasteiger partial charge is 0.335 e. The van der Waals surface area contributed by atoms with E-state index in [1.807, 2.05) is 13.8 Å². The van der Waals surface area contributed by atoms with Gasteiger partial charge in [-0.2, -0.15) is 0 Å². The van der Waals surface area contributed by atoms with Crippen LogP contribution in [0.5, 0.6) is 11.5 Å². The zero-order valence-electron chi connectivity index (χ0n) is 19.0. The van der Waals surface area contributed by atoms with Gasteiger partial charge in [-0.05, 0) is 53.7 Å². The number of hydrogen-bond donors (Lipinski definition) is 0. The molecule has 1 aromatic rings. The molecule has 30 heavy (non-hydrogen) atoms. The van der Waals surface area contributed by atoms with Crippen molar-refractivity contribution in [2.24, 2.45) is 0 Å². The van der Waals surface area contributed by atoms with E-state index in [1.165, 1.54) is 0 Å². The third-order valence-corrected chi connectivity index (χ3v) is 7.94. The molecule has 0 aromatic heterocycles. The Hall–Kier alpha value is -0.880. The Morgan fingerprint density at radius 1 is 0.567 bits per heavy atom. The van der Waals surface area contributed by atoms with Gasteiger partial charge in [-0.15, -0.1) is 0 Å². The summed E-state index contributed by atoms with van der Waals surface area (Å²) in [7, 11) is -6.70. The van der Waals surface area contributed by atoms with Crippen LogP contribution in [0.15, 0.2) is 12.1 Å². The minimum atomic E-state index is -3.35. The number of benzene rings is 1. The Morgan fingerprint density at radius 2 is 0.867 bits per heavy atom. The minimum Gasteiger partial charge on any atom is -0.494 e. The summed E-state index contributed by atoms with van der Waals surface area (Å²) in [5.74, 6) is 1.02. The molecule has 1 aromatic carbocycles. The summed E-state index contributed by atoms with van der Waals surface area (Å²) >= 11 is 0. The topological polar surface area (TPSA) is 89.5 Å². The normalized spacial score (nSPS) is 12.2. The van der Waals surface area contributed by atoms with Crippen molar-refractivity contribution in [1.29, 1.82) is 0 Å². The van der Waals surface area contributed by atoms with Crippen molar-refractivity contribution >= 4 is 15.2 Å². The summed E-state index contributed by atoms with van der Waals surface area (Å²) < 4.78 is 59.4. The lowest BCUT2D eigenvalue weighted by Crippen LogP contribution is -2.06. The molecule has 1 rings (SSSR count). The fourth-order valence-corrected chi connectivity index (χ4v) is 6.35. The van der Waals surface area contributed by atoms with Gasteiger partial charge in [-0.25, -0.2) is 0 Å². The number of ether oxygens (including phenoxy) is 2. The van der Waals surface area contributed by atoms with Crippen LogP contribution < -0.4 is 9.47 Å². The first kappa shape index (κ1) is 27.2. The molecule has 174 valence electrons. The molecule has 0 spiro atoms. The molecule has 0 aliphatic heterocycles. The largest absolute Gasteiger partial charge is 0.494 e. The van der Waals surface area contributed by atoms with Crippen LogP contribution in [0.2, 0.25) is 0 Å². The molecular weight excluding hydrogens is 430 g/mol. The van der Waals surface area contributed by atoms with E-state index in [0.717, 1.165) is 0 Å². The first-order valence-electron chi connectivity index (χ1n) is 10.5. The zero-order chi connectivity index (χ0) is 22.6. The molecule has 0 unspecified atom stereocenters. The molecule has 10 heteroatoms. The molecule has 0 bridgehead atoms. The second kappa shape index (κ2) is 13.5. The van der Waals surface area contributed by atoms with Crippen LogP contribution in [0.4, 0.5) is 0 Å². The van der Waals surface area contributed by atoms with Crippen molar-refractivity contribution in [2.45, 2.75) is 53.9 Å². The van der Waals surface area contributed by atoms with Crippen molar-refractivity contribution in [3.05, 3.63) is 23.3 Å². The molecule has 0 amide bonds. The minimum absolute atomic E-state index is 0.0406. The van der Waals surface area contributed by atoms with E-state index < -0.39 is 15.2 Å². The van der Waals surface area contributed by atoms with Crippen molar-refractivity contribution in [3.8, 4) is 11.5 Å². The van der Waals surface area contributed by atoms with Crippen LogP contribution in [0.1, 0.15) is 52.7 Å². The fraction of sp³-hybridized carbons (Fsp3) is 0.700. The lowest BCUT2D eigenvalue weighted by atomic mass is 10.1. The van der Waals surface area contributed by atoms with Gasteiger partial charge in [0.15, 0.2) is 0 Å². The summed E-state index contributed by atoms with van der Waals surface area (Å²) in [4.78, 5) is 0. The lowest BCUT2D eigenvalue weighted by molar-refractivity contribution is 0.217. The Bertz CT molecular complexity index is 656. The molecule has 0 fully saturated rings. The van der Waals surface area contributed by atoms with E-state index in [0.29, 0.717) is 35.8 Å². The molecule has 0 heterocycles. The van der Waals surface area contributed by atoms with E-state index in [-0.39, 0.29) is 38.8 Å². The first-order valence-corrected chi connectivity index (χ1v) is 13.9. The highest BCUT2D eigenvalue weighted by atomic mass is 31.2. The monoisotopic (exact) mass is 466 g/mol. The fourth-order valence-electron chi connectivity index (χ4n) is 2.93. The molecule has 0 saturated carbocycles. The van der Waals surface area contributed by atoms with Crippen LogP contribution in [0, 0.1) is 0 Å². The lowest BCUT2D eigenvalue weighted by Gasteiger charge is -2.22. The highest BCUT2D eigenvalue weighted by molar-refractivity contribution is 7.53. The van der Waals surface area contributed by atoms with Gasteiger partial charge in [0.25, 0.3) is 0 Å². The van der Waals surface area contributed by atoms with Crippen LogP contribution in [0.25, 0.3) is 0 Å². The molecule has 0 N–H and O–H groups in total. The average Bonchev–Trinajstić information content (AvgIpc) is 2.66. The maximum Gasteiger partial charge on any atom is 0.335 e. The second-order valence-electron chi connectivity index (χ2n) is 6.14. The second-order valence-corrected chi connectivity index (χ2v) is 10.3. The van der Waals surface area contributed by atoms with Gasteiger partial charge in [-0.1, -0.05) is 0 Å². The Kier molecular flexibility index (Phi) is 12.2. The molecule has 0 atom stereocenters. The molecule has 0 aliphatic carbocycles. The quantitative estimate of drug-likeness (QED) is 0.273. The summed E-state index contributed by atoms with van der Waals surface area (Å²) in [6.45, 7) is 12.7. The van der Waals surface area contributed by atoms with E-state index in [9.17, 15) is 9.13 Å². The predicted octanol–water partition coefficient (Wildman–Crippen LogP) is 6.02. The SMILES string of the molecule is CCOc1cc(CP(=O)(OCC)OCC)c(OCC)cc1CP(=O)(OCC)OCC. The van der Waals surface area contributed by atoms with E-state index in [4.69, 9.17) is 27.6 Å². The molecule has 8 nitrogen and oxygen atoms in total. The Morgan fingerprint density at radius 3 is 1.10 bits per heavy atom. The maximum atomic E-state index is 13.1. The van der Waals surface area contributed by atoms with Gasteiger partial charge in [0.05, 0.1) is 52.0 Å². The maximum absolute atomic E-state index is 13.1. The van der Waals surface area contributed by atoms with Crippen molar-refractivity contribution in [2.75, 3.05) is 39.6 Å². The van der Waals surface area contributed by atoms with Crippen molar-refractivity contribution in [1.82, 2.24) is 0 Å². The summed E-state index contributed by atoms with van der Waals surface area (Å²) in [6, 6.07) is 3.49. The van der Waals surface area contributed by atoms with Gasteiger partial charge in [-0.3, -0.25) is 9.13 Å². The third kappa shape index (κ3) is 8.33. The molecule has 0 radical (unpaired) electrons. The summed E-state index contributed by atoms with van der Waals surface area (Å²) in [5, 5.41) is 0. The van der Waals surface area contributed by atoms with Gasteiger partial charge < -0.3 is 27.6 Å². The van der Waals surface area contributed by atoms with Gasteiger partial charge >= 0.3 is 15.2 Å². The Balaban J connectivity index is 3.43.